The minimum absolute atomic E-state index is 0.0642. The van der Waals surface area contributed by atoms with Crippen molar-refractivity contribution in [1.29, 1.82) is 5.26 Å². The number of hydrogen-bond acceptors (Lipinski definition) is 6. The summed E-state index contributed by atoms with van der Waals surface area (Å²) in [6.07, 6.45) is 0. The van der Waals surface area contributed by atoms with Crippen LogP contribution in [0.2, 0.25) is 0 Å². The second kappa shape index (κ2) is 6.84. The summed E-state index contributed by atoms with van der Waals surface area (Å²) in [6, 6.07) is 6.00. The highest BCUT2D eigenvalue weighted by atomic mass is 127. The number of nitrogens with two attached hydrogens (primary N) is 1. The molecule has 1 aliphatic rings. The maximum absolute atomic E-state index is 9.63. The van der Waals surface area contributed by atoms with Gasteiger partial charge in [0.2, 0.25) is 11.8 Å². The molecule has 1 atom stereocenters. The number of ether oxygens (including phenoxy) is 3. The van der Waals surface area contributed by atoms with Gasteiger partial charge in [-0.2, -0.15) is 5.26 Å². The maximum Gasteiger partial charge on any atom is 0.244 e. The van der Waals surface area contributed by atoms with Crippen molar-refractivity contribution in [2.75, 3.05) is 13.7 Å². The number of aromatic amines is 1. The van der Waals surface area contributed by atoms with Crippen LogP contribution in [0.25, 0.3) is 0 Å². The number of allylic oxidation sites excluding steroid dienone is 1. The van der Waals surface area contributed by atoms with E-state index in [0.29, 0.717) is 29.6 Å². The second-order valence-corrected chi connectivity index (χ2v) is 6.62. The number of aryl methyl sites for hydroxylation is 1. The zero-order valence-corrected chi connectivity index (χ0v) is 16.2. The van der Waals surface area contributed by atoms with E-state index in [9.17, 15) is 5.26 Å². The fourth-order valence-corrected chi connectivity index (χ4v) is 3.70. The smallest absolute Gasteiger partial charge is 0.244 e. The normalized spacial score (nSPS) is 16.0. The number of H-pyrrole nitrogens is 1. The molecule has 0 saturated heterocycles. The summed E-state index contributed by atoms with van der Waals surface area (Å²) in [7, 11) is 1.59. The lowest BCUT2D eigenvalue weighted by atomic mass is 9.84. The zero-order chi connectivity index (χ0) is 18.1. The SMILES string of the molecule is CCOc1c(I)cc([C@H]2C(C#N)=C(N)Oc3n[nH]c(C)c32)cc1OC. The fourth-order valence-electron chi connectivity index (χ4n) is 2.92. The largest absolute Gasteiger partial charge is 0.493 e. The summed E-state index contributed by atoms with van der Waals surface area (Å²) in [5.41, 5.74) is 8.78. The highest BCUT2D eigenvalue weighted by molar-refractivity contribution is 14.1. The Hall–Kier alpha value is -2.41. The molecule has 25 heavy (non-hydrogen) atoms. The number of rotatable bonds is 4. The van der Waals surface area contributed by atoms with Crippen molar-refractivity contribution in [3.63, 3.8) is 0 Å². The van der Waals surface area contributed by atoms with E-state index >= 15 is 0 Å². The first kappa shape index (κ1) is 17.4. The number of hydrogen-bond donors (Lipinski definition) is 2. The van der Waals surface area contributed by atoms with Gasteiger partial charge in [0.25, 0.3) is 0 Å². The first-order chi connectivity index (χ1) is 12.0. The summed E-state index contributed by atoms with van der Waals surface area (Å²) in [5, 5.41) is 16.7. The van der Waals surface area contributed by atoms with Crippen LogP contribution >= 0.6 is 22.6 Å². The van der Waals surface area contributed by atoms with Crippen LogP contribution < -0.4 is 19.9 Å². The van der Waals surface area contributed by atoms with Gasteiger partial charge >= 0.3 is 0 Å². The minimum atomic E-state index is -0.384. The molecule has 0 amide bonds. The molecular formula is C17H17IN4O3. The van der Waals surface area contributed by atoms with E-state index in [1.165, 1.54) is 0 Å². The Balaban J connectivity index is 2.22. The van der Waals surface area contributed by atoms with Crippen molar-refractivity contribution in [2.45, 2.75) is 19.8 Å². The van der Waals surface area contributed by atoms with Crippen LogP contribution in [0.15, 0.2) is 23.6 Å². The molecule has 0 bridgehead atoms. The molecule has 0 spiro atoms. The van der Waals surface area contributed by atoms with E-state index in [0.717, 1.165) is 20.4 Å². The minimum Gasteiger partial charge on any atom is -0.493 e. The van der Waals surface area contributed by atoms with Gasteiger partial charge in [0.1, 0.15) is 11.6 Å². The van der Waals surface area contributed by atoms with Crippen LogP contribution in [0.3, 0.4) is 0 Å². The molecule has 0 saturated carbocycles. The van der Waals surface area contributed by atoms with Crippen LogP contribution in [-0.4, -0.2) is 23.9 Å². The van der Waals surface area contributed by atoms with E-state index in [-0.39, 0.29) is 11.8 Å². The summed E-state index contributed by atoms with van der Waals surface area (Å²) >= 11 is 2.20. The number of nitriles is 1. The van der Waals surface area contributed by atoms with Crippen LogP contribution in [0.4, 0.5) is 0 Å². The van der Waals surface area contributed by atoms with Crippen LogP contribution in [-0.2, 0) is 0 Å². The van der Waals surface area contributed by atoms with E-state index in [2.05, 4.69) is 38.9 Å². The summed E-state index contributed by atoms with van der Waals surface area (Å²) in [4.78, 5) is 0. The average Bonchev–Trinajstić information content (AvgIpc) is 2.95. The number of fused-ring (bicyclic) bond motifs is 1. The Morgan fingerprint density at radius 3 is 2.88 bits per heavy atom. The Morgan fingerprint density at radius 1 is 1.48 bits per heavy atom. The van der Waals surface area contributed by atoms with Crippen molar-refractivity contribution in [3.05, 3.63) is 44.0 Å². The molecule has 130 valence electrons. The Bertz CT molecular complexity index is 898. The molecule has 0 unspecified atom stereocenters. The van der Waals surface area contributed by atoms with Crippen LogP contribution in [0, 0.1) is 21.8 Å². The number of benzene rings is 1. The number of aromatic nitrogens is 2. The quantitative estimate of drug-likeness (QED) is 0.692. The molecule has 3 N–H and O–H groups in total. The van der Waals surface area contributed by atoms with Gasteiger partial charge in [-0.05, 0) is 54.1 Å². The van der Waals surface area contributed by atoms with Crippen molar-refractivity contribution < 1.29 is 14.2 Å². The molecule has 8 heteroatoms. The lowest BCUT2D eigenvalue weighted by molar-refractivity contribution is 0.308. The average molecular weight is 452 g/mol. The summed E-state index contributed by atoms with van der Waals surface area (Å²) < 4.78 is 17.5. The molecule has 0 radical (unpaired) electrons. The number of methoxy groups -OCH3 is 1. The predicted molar refractivity (Wildman–Crippen MR) is 99.5 cm³/mol. The zero-order valence-electron chi connectivity index (χ0n) is 14.0. The topological polar surface area (TPSA) is 106 Å². The molecule has 1 aliphatic heterocycles. The van der Waals surface area contributed by atoms with Gasteiger partial charge in [0.15, 0.2) is 11.5 Å². The number of nitrogens with zero attached hydrogens (tertiary/aromatic N) is 2. The third-order valence-corrected chi connectivity index (χ3v) is 4.80. The van der Waals surface area contributed by atoms with E-state index in [1.54, 1.807) is 7.11 Å². The van der Waals surface area contributed by atoms with Gasteiger partial charge in [-0.25, -0.2) is 0 Å². The van der Waals surface area contributed by atoms with E-state index in [1.807, 2.05) is 26.0 Å². The molecule has 0 aliphatic carbocycles. The molecule has 2 aromatic rings. The molecule has 1 aromatic heterocycles. The molecule has 3 rings (SSSR count). The molecule has 7 nitrogen and oxygen atoms in total. The number of nitrogens with one attached hydrogen (secondary N) is 1. The lowest BCUT2D eigenvalue weighted by Crippen LogP contribution is -2.21. The molecular weight excluding hydrogens is 435 g/mol. The van der Waals surface area contributed by atoms with Gasteiger partial charge < -0.3 is 19.9 Å². The standard InChI is InChI=1S/C17H17IN4O3/c1-4-24-15-11(18)5-9(6-12(15)23-3)14-10(7-19)16(20)25-17-13(14)8(2)21-22-17/h5-6,14H,4,20H2,1-3H3,(H,21,22)/t14-/m0/s1. The first-order valence-electron chi connectivity index (χ1n) is 7.64. The van der Waals surface area contributed by atoms with Crippen LogP contribution in [0.5, 0.6) is 17.4 Å². The Kier molecular flexibility index (Phi) is 4.76. The van der Waals surface area contributed by atoms with Crippen molar-refractivity contribution >= 4 is 22.6 Å². The first-order valence-corrected chi connectivity index (χ1v) is 8.72. The second-order valence-electron chi connectivity index (χ2n) is 5.46. The predicted octanol–water partition coefficient (Wildman–Crippen LogP) is 2.95. The Labute approximate surface area is 158 Å². The fraction of sp³-hybridized carbons (Fsp3) is 0.294. The molecule has 1 aromatic carbocycles. The number of halogens is 1. The van der Waals surface area contributed by atoms with Crippen molar-refractivity contribution in [3.8, 4) is 23.4 Å². The van der Waals surface area contributed by atoms with E-state index in [4.69, 9.17) is 19.9 Å². The van der Waals surface area contributed by atoms with Gasteiger partial charge in [0.05, 0.1) is 23.2 Å². The van der Waals surface area contributed by atoms with Gasteiger partial charge in [0, 0.05) is 11.3 Å². The summed E-state index contributed by atoms with van der Waals surface area (Å²) in [6.45, 7) is 4.33. The van der Waals surface area contributed by atoms with Gasteiger partial charge in [-0.15, -0.1) is 5.10 Å². The van der Waals surface area contributed by atoms with Crippen molar-refractivity contribution in [1.82, 2.24) is 10.2 Å². The lowest BCUT2D eigenvalue weighted by Gasteiger charge is -2.24. The van der Waals surface area contributed by atoms with Crippen molar-refractivity contribution in [2.24, 2.45) is 5.73 Å². The third-order valence-electron chi connectivity index (χ3n) is 4.00. The monoisotopic (exact) mass is 452 g/mol. The maximum atomic E-state index is 9.63. The molecule has 2 heterocycles. The Morgan fingerprint density at radius 2 is 2.24 bits per heavy atom. The third kappa shape index (κ3) is 2.89. The highest BCUT2D eigenvalue weighted by Crippen LogP contribution is 2.45. The summed E-state index contributed by atoms with van der Waals surface area (Å²) in [5.74, 6) is 1.36. The highest BCUT2D eigenvalue weighted by Gasteiger charge is 2.35. The molecule has 0 fully saturated rings. The van der Waals surface area contributed by atoms with Gasteiger partial charge in [-0.3, -0.25) is 5.10 Å². The van der Waals surface area contributed by atoms with E-state index < -0.39 is 0 Å². The van der Waals surface area contributed by atoms with Gasteiger partial charge in [-0.1, -0.05) is 0 Å². The van der Waals surface area contributed by atoms with Crippen LogP contribution in [0.1, 0.15) is 29.7 Å².